The second-order valence-electron chi connectivity index (χ2n) is 4.36. The average Bonchev–Trinajstić information content (AvgIpc) is 2.52. The summed E-state index contributed by atoms with van der Waals surface area (Å²) in [7, 11) is 0. The number of aryl methyl sites for hydroxylation is 1. The van der Waals surface area contributed by atoms with Gasteiger partial charge in [-0.3, -0.25) is 0 Å². The normalized spacial score (nSPS) is 21.5. The maximum absolute atomic E-state index is 4.38. The van der Waals surface area contributed by atoms with Crippen LogP contribution in [0.5, 0.6) is 0 Å². The molecule has 0 saturated carbocycles. The number of hydrogen-bond acceptors (Lipinski definition) is 3. The summed E-state index contributed by atoms with van der Waals surface area (Å²) >= 11 is 3.46. The molecule has 0 bridgehead atoms. The molecule has 16 heavy (non-hydrogen) atoms. The van der Waals surface area contributed by atoms with E-state index >= 15 is 0 Å². The fourth-order valence-corrected chi connectivity index (χ4v) is 2.19. The molecule has 0 amide bonds. The summed E-state index contributed by atoms with van der Waals surface area (Å²) in [4.78, 5) is 4.38. The Morgan fingerprint density at radius 1 is 1.50 bits per heavy atom. The largest absolute Gasteiger partial charge is 0.366 e. The maximum atomic E-state index is 4.38. The smallest absolute Gasteiger partial charge is 0.126 e. The third-order valence-corrected chi connectivity index (χ3v) is 3.78. The Morgan fingerprint density at radius 2 is 2.38 bits per heavy atom. The number of rotatable bonds is 2. The summed E-state index contributed by atoms with van der Waals surface area (Å²) in [5.41, 5.74) is 1.22. The summed E-state index contributed by atoms with van der Waals surface area (Å²) in [5, 5.41) is 6.94. The number of pyridine rings is 1. The second-order valence-corrected chi connectivity index (χ2v) is 5.21. The molecule has 4 heteroatoms. The first kappa shape index (κ1) is 11.9. The molecule has 1 aliphatic rings. The van der Waals surface area contributed by atoms with Crippen LogP contribution in [0.1, 0.15) is 24.8 Å². The highest BCUT2D eigenvalue weighted by atomic mass is 79.9. The summed E-state index contributed by atoms with van der Waals surface area (Å²) < 4.78 is 1.07. The minimum atomic E-state index is 0.510. The number of hydrogen-bond donors (Lipinski definition) is 2. The molecule has 0 aliphatic carbocycles. The zero-order valence-corrected chi connectivity index (χ0v) is 11.2. The summed E-state index contributed by atoms with van der Waals surface area (Å²) in [5.74, 6) is 0.981. The predicted molar refractivity (Wildman–Crippen MR) is 70.8 cm³/mol. The molecule has 1 aromatic heterocycles. The lowest BCUT2D eigenvalue weighted by Gasteiger charge is -2.17. The van der Waals surface area contributed by atoms with Crippen molar-refractivity contribution in [3.05, 3.63) is 22.3 Å². The van der Waals surface area contributed by atoms with Gasteiger partial charge in [0.25, 0.3) is 0 Å². The van der Waals surface area contributed by atoms with Crippen LogP contribution in [0.25, 0.3) is 0 Å². The Balaban J connectivity index is 1.99. The molecule has 0 aromatic carbocycles. The van der Waals surface area contributed by atoms with Gasteiger partial charge in [-0.2, -0.15) is 0 Å². The van der Waals surface area contributed by atoms with Gasteiger partial charge in [0.2, 0.25) is 0 Å². The molecular weight excluding hydrogens is 266 g/mol. The highest BCUT2D eigenvalue weighted by Gasteiger charge is 2.11. The van der Waals surface area contributed by atoms with Crippen molar-refractivity contribution in [2.75, 3.05) is 18.4 Å². The van der Waals surface area contributed by atoms with E-state index in [9.17, 15) is 0 Å². The first-order valence-electron chi connectivity index (χ1n) is 5.85. The Hall–Kier alpha value is -0.610. The minimum Gasteiger partial charge on any atom is -0.366 e. The number of halogens is 1. The van der Waals surface area contributed by atoms with Crippen LogP contribution < -0.4 is 10.6 Å². The molecule has 3 nitrogen and oxygen atoms in total. The molecule has 1 fully saturated rings. The van der Waals surface area contributed by atoms with E-state index in [2.05, 4.69) is 44.5 Å². The molecule has 1 aromatic rings. The van der Waals surface area contributed by atoms with Gasteiger partial charge in [-0.15, -0.1) is 0 Å². The van der Waals surface area contributed by atoms with Crippen LogP contribution in [-0.4, -0.2) is 24.1 Å². The Morgan fingerprint density at radius 3 is 3.19 bits per heavy atom. The number of anilines is 1. The van der Waals surface area contributed by atoms with Gasteiger partial charge in [0.15, 0.2) is 0 Å². The molecule has 2 N–H and O–H groups in total. The maximum Gasteiger partial charge on any atom is 0.126 e. The standard InChI is InChI=1S/C12H18BrN3/c1-9-6-12(15-8-11(9)13)16-10-4-2-3-5-14-7-10/h6,8,10,14H,2-5,7H2,1H3,(H,15,16). The Labute approximate surface area is 105 Å². The van der Waals surface area contributed by atoms with Gasteiger partial charge in [-0.1, -0.05) is 6.42 Å². The lowest BCUT2D eigenvalue weighted by Crippen LogP contribution is -2.31. The molecule has 2 rings (SSSR count). The highest BCUT2D eigenvalue weighted by Crippen LogP contribution is 2.18. The van der Waals surface area contributed by atoms with E-state index in [-0.39, 0.29) is 0 Å². The first-order valence-corrected chi connectivity index (χ1v) is 6.64. The summed E-state index contributed by atoms with van der Waals surface area (Å²) in [6.07, 6.45) is 5.66. The van der Waals surface area contributed by atoms with Crippen LogP contribution in [0.2, 0.25) is 0 Å². The van der Waals surface area contributed by atoms with E-state index in [0.717, 1.165) is 23.4 Å². The molecule has 0 spiro atoms. The van der Waals surface area contributed by atoms with E-state index in [1.165, 1.54) is 24.8 Å². The van der Waals surface area contributed by atoms with Crippen molar-refractivity contribution in [1.29, 1.82) is 0 Å². The highest BCUT2D eigenvalue weighted by molar-refractivity contribution is 9.10. The Kier molecular flexibility index (Phi) is 4.18. The number of nitrogens with zero attached hydrogens (tertiary/aromatic N) is 1. The van der Waals surface area contributed by atoms with Crippen molar-refractivity contribution in [1.82, 2.24) is 10.3 Å². The van der Waals surface area contributed by atoms with Gasteiger partial charge in [0, 0.05) is 23.3 Å². The van der Waals surface area contributed by atoms with Gasteiger partial charge in [-0.05, 0) is 53.9 Å². The van der Waals surface area contributed by atoms with E-state index in [0.29, 0.717) is 6.04 Å². The van der Waals surface area contributed by atoms with Crippen molar-refractivity contribution < 1.29 is 0 Å². The van der Waals surface area contributed by atoms with E-state index in [1.807, 2.05) is 6.20 Å². The monoisotopic (exact) mass is 283 g/mol. The fraction of sp³-hybridized carbons (Fsp3) is 0.583. The van der Waals surface area contributed by atoms with Crippen molar-refractivity contribution >= 4 is 21.7 Å². The summed E-state index contributed by atoms with van der Waals surface area (Å²) in [6, 6.07) is 2.60. The molecule has 1 saturated heterocycles. The third-order valence-electron chi connectivity index (χ3n) is 2.95. The zero-order valence-electron chi connectivity index (χ0n) is 9.59. The van der Waals surface area contributed by atoms with Crippen LogP contribution in [0, 0.1) is 6.92 Å². The second kappa shape index (κ2) is 5.64. The average molecular weight is 284 g/mol. The topological polar surface area (TPSA) is 37.0 Å². The molecule has 1 unspecified atom stereocenters. The molecule has 2 heterocycles. The molecule has 1 aliphatic heterocycles. The van der Waals surface area contributed by atoms with E-state index in [1.54, 1.807) is 0 Å². The molecular formula is C12H18BrN3. The van der Waals surface area contributed by atoms with Gasteiger partial charge in [0.05, 0.1) is 0 Å². The first-order chi connectivity index (χ1) is 7.75. The minimum absolute atomic E-state index is 0.510. The van der Waals surface area contributed by atoms with Gasteiger partial charge in [-0.25, -0.2) is 4.98 Å². The molecule has 1 atom stereocenters. The van der Waals surface area contributed by atoms with Crippen LogP contribution >= 0.6 is 15.9 Å². The zero-order chi connectivity index (χ0) is 11.4. The van der Waals surface area contributed by atoms with Gasteiger partial charge < -0.3 is 10.6 Å². The fourth-order valence-electron chi connectivity index (χ4n) is 1.97. The predicted octanol–water partition coefficient (Wildman–Crippen LogP) is 2.71. The Bertz CT molecular complexity index is 346. The summed E-state index contributed by atoms with van der Waals surface area (Å²) in [6.45, 7) is 4.27. The van der Waals surface area contributed by atoms with Gasteiger partial charge in [0.1, 0.15) is 5.82 Å². The van der Waals surface area contributed by atoms with Crippen molar-refractivity contribution in [3.63, 3.8) is 0 Å². The van der Waals surface area contributed by atoms with E-state index < -0.39 is 0 Å². The van der Waals surface area contributed by atoms with Crippen molar-refractivity contribution in [3.8, 4) is 0 Å². The van der Waals surface area contributed by atoms with Crippen LogP contribution in [0.4, 0.5) is 5.82 Å². The van der Waals surface area contributed by atoms with E-state index in [4.69, 9.17) is 0 Å². The quantitative estimate of drug-likeness (QED) is 0.876. The number of aromatic nitrogens is 1. The third kappa shape index (κ3) is 3.19. The SMILES string of the molecule is Cc1cc(NC2CCCCNC2)ncc1Br. The molecule has 88 valence electrons. The lowest BCUT2D eigenvalue weighted by atomic mass is 10.1. The van der Waals surface area contributed by atoms with Crippen LogP contribution in [0.15, 0.2) is 16.7 Å². The van der Waals surface area contributed by atoms with Crippen LogP contribution in [0.3, 0.4) is 0 Å². The molecule has 0 radical (unpaired) electrons. The lowest BCUT2D eigenvalue weighted by molar-refractivity contribution is 0.633. The van der Waals surface area contributed by atoms with Crippen molar-refractivity contribution in [2.24, 2.45) is 0 Å². The number of nitrogens with one attached hydrogen (secondary N) is 2. The van der Waals surface area contributed by atoms with Crippen molar-refractivity contribution in [2.45, 2.75) is 32.2 Å². The van der Waals surface area contributed by atoms with Gasteiger partial charge >= 0.3 is 0 Å². The van der Waals surface area contributed by atoms with Crippen LogP contribution in [-0.2, 0) is 0 Å².